The van der Waals surface area contributed by atoms with Gasteiger partial charge < -0.3 is 4.90 Å². The number of hydrogen-bond acceptors (Lipinski definition) is 2. The van der Waals surface area contributed by atoms with Gasteiger partial charge in [0.15, 0.2) is 0 Å². The molecule has 1 aliphatic carbocycles. The molecular weight excluding hydrogens is 234 g/mol. The van der Waals surface area contributed by atoms with E-state index in [1.807, 2.05) is 0 Å². The molecule has 2 heteroatoms. The predicted molar refractivity (Wildman–Crippen MR) is 80.2 cm³/mol. The molecule has 0 aromatic rings. The number of rotatable bonds is 3. The van der Waals surface area contributed by atoms with Gasteiger partial charge in [-0.15, -0.1) is 0 Å². The number of carbonyl (C=O) groups is 1. The molecule has 1 unspecified atom stereocenters. The Morgan fingerprint density at radius 3 is 2.37 bits per heavy atom. The third kappa shape index (κ3) is 3.39. The van der Waals surface area contributed by atoms with Crippen LogP contribution >= 0.6 is 0 Å². The van der Waals surface area contributed by atoms with E-state index in [9.17, 15) is 4.79 Å². The summed E-state index contributed by atoms with van der Waals surface area (Å²) in [6, 6.07) is 0. The monoisotopic (exact) mass is 265 g/mol. The lowest BCUT2D eigenvalue weighted by Gasteiger charge is -2.42. The molecule has 2 aliphatic rings. The lowest BCUT2D eigenvalue weighted by Crippen LogP contribution is -2.45. The molecule has 1 heterocycles. The van der Waals surface area contributed by atoms with Crippen LogP contribution in [0.4, 0.5) is 0 Å². The van der Waals surface area contributed by atoms with Crippen molar-refractivity contribution >= 4 is 5.78 Å². The minimum Gasteiger partial charge on any atom is -0.303 e. The molecule has 0 radical (unpaired) electrons. The van der Waals surface area contributed by atoms with Crippen LogP contribution in [0.2, 0.25) is 0 Å². The van der Waals surface area contributed by atoms with Crippen LogP contribution < -0.4 is 0 Å². The summed E-state index contributed by atoms with van der Waals surface area (Å²) in [5.41, 5.74) is 0.475. The standard InChI is InChI=1S/C17H31NO/c1-5-17(4)9-11-18(12-10-17)13-14-7-6-8-16(2,3)15(14)19/h14H,5-13H2,1-4H3. The topological polar surface area (TPSA) is 20.3 Å². The second-order valence-electron chi connectivity index (χ2n) is 7.80. The molecule has 1 saturated heterocycles. The number of ketones is 1. The average molecular weight is 265 g/mol. The Morgan fingerprint density at radius 1 is 1.16 bits per heavy atom. The molecule has 110 valence electrons. The Morgan fingerprint density at radius 2 is 1.79 bits per heavy atom. The van der Waals surface area contributed by atoms with Crippen molar-refractivity contribution in [2.75, 3.05) is 19.6 Å². The van der Waals surface area contributed by atoms with Crippen LogP contribution in [0.15, 0.2) is 0 Å². The lowest BCUT2D eigenvalue weighted by molar-refractivity contribution is -0.135. The molecule has 2 fully saturated rings. The highest BCUT2D eigenvalue weighted by Gasteiger charge is 2.38. The zero-order chi connectivity index (χ0) is 14.1. The smallest absolute Gasteiger partial charge is 0.142 e. The maximum absolute atomic E-state index is 12.5. The van der Waals surface area contributed by atoms with Crippen LogP contribution in [0.1, 0.15) is 66.2 Å². The number of piperidine rings is 1. The molecular formula is C17H31NO. The Balaban J connectivity index is 1.87. The van der Waals surface area contributed by atoms with Crippen molar-refractivity contribution in [1.29, 1.82) is 0 Å². The van der Waals surface area contributed by atoms with Crippen molar-refractivity contribution in [3.8, 4) is 0 Å². The minimum absolute atomic E-state index is 0.0728. The van der Waals surface area contributed by atoms with Crippen LogP contribution in [0.25, 0.3) is 0 Å². The van der Waals surface area contributed by atoms with Crippen molar-refractivity contribution in [2.45, 2.75) is 66.2 Å². The summed E-state index contributed by atoms with van der Waals surface area (Å²) in [7, 11) is 0. The second kappa shape index (κ2) is 5.55. The SMILES string of the molecule is CCC1(C)CCN(CC2CCCC(C)(C)C2=O)CC1. The predicted octanol–water partition coefficient (Wildman–Crippen LogP) is 3.89. The van der Waals surface area contributed by atoms with E-state index < -0.39 is 0 Å². The van der Waals surface area contributed by atoms with Crippen molar-refractivity contribution in [3.05, 3.63) is 0 Å². The number of carbonyl (C=O) groups excluding carboxylic acids is 1. The number of likely N-dealkylation sites (tertiary alicyclic amines) is 1. The van der Waals surface area contributed by atoms with Crippen molar-refractivity contribution in [1.82, 2.24) is 4.90 Å². The van der Waals surface area contributed by atoms with E-state index >= 15 is 0 Å². The molecule has 2 nitrogen and oxygen atoms in total. The van der Waals surface area contributed by atoms with Crippen LogP contribution in [-0.2, 0) is 4.79 Å². The first-order valence-corrected chi connectivity index (χ1v) is 8.13. The summed E-state index contributed by atoms with van der Waals surface area (Å²) < 4.78 is 0. The fraction of sp³-hybridized carbons (Fsp3) is 0.941. The quantitative estimate of drug-likeness (QED) is 0.771. The third-order valence-corrected chi connectivity index (χ3v) is 5.79. The number of Topliss-reactive ketones (excluding diaryl/α,β-unsaturated/α-hetero) is 1. The number of hydrogen-bond donors (Lipinski definition) is 0. The van der Waals surface area contributed by atoms with Gasteiger partial charge in [0.1, 0.15) is 5.78 Å². The first-order chi connectivity index (χ1) is 8.86. The third-order valence-electron chi connectivity index (χ3n) is 5.79. The summed E-state index contributed by atoms with van der Waals surface area (Å²) in [4.78, 5) is 15.0. The first kappa shape index (κ1) is 15.0. The highest BCUT2D eigenvalue weighted by molar-refractivity contribution is 5.87. The van der Waals surface area contributed by atoms with E-state index in [0.29, 0.717) is 17.1 Å². The van der Waals surface area contributed by atoms with Gasteiger partial charge in [0.25, 0.3) is 0 Å². The van der Waals surface area contributed by atoms with Gasteiger partial charge in [0, 0.05) is 17.9 Å². The summed E-state index contributed by atoms with van der Waals surface area (Å²) in [6.45, 7) is 12.4. The molecule has 19 heavy (non-hydrogen) atoms. The number of nitrogens with zero attached hydrogens (tertiary/aromatic N) is 1. The summed E-state index contributed by atoms with van der Waals surface area (Å²) in [6.07, 6.45) is 7.31. The van der Waals surface area contributed by atoms with Gasteiger partial charge in [-0.3, -0.25) is 4.79 Å². The van der Waals surface area contributed by atoms with Gasteiger partial charge in [0.2, 0.25) is 0 Å². The van der Waals surface area contributed by atoms with Crippen molar-refractivity contribution in [2.24, 2.45) is 16.7 Å². The lowest BCUT2D eigenvalue weighted by atomic mass is 9.70. The fourth-order valence-electron chi connectivity index (χ4n) is 3.71. The van der Waals surface area contributed by atoms with E-state index in [4.69, 9.17) is 0 Å². The van der Waals surface area contributed by atoms with Crippen molar-refractivity contribution < 1.29 is 4.79 Å². The molecule has 0 amide bonds. The van der Waals surface area contributed by atoms with Gasteiger partial charge in [-0.25, -0.2) is 0 Å². The van der Waals surface area contributed by atoms with Gasteiger partial charge in [-0.1, -0.05) is 40.5 Å². The Bertz CT molecular complexity index is 326. The summed E-state index contributed by atoms with van der Waals surface area (Å²) >= 11 is 0. The van der Waals surface area contributed by atoms with Crippen LogP contribution in [0, 0.1) is 16.7 Å². The summed E-state index contributed by atoms with van der Waals surface area (Å²) in [5, 5.41) is 0. The van der Waals surface area contributed by atoms with E-state index in [-0.39, 0.29) is 5.41 Å². The van der Waals surface area contributed by atoms with Crippen LogP contribution in [0.5, 0.6) is 0 Å². The highest BCUT2D eigenvalue weighted by atomic mass is 16.1. The van der Waals surface area contributed by atoms with Crippen LogP contribution in [0.3, 0.4) is 0 Å². The molecule has 2 rings (SSSR count). The van der Waals surface area contributed by atoms with E-state index in [0.717, 1.165) is 19.4 Å². The second-order valence-corrected chi connectivity index (χ2v) is 7.80. The molecule has 1 atom stereocenters. The fourth-order valence-corrected chi connectivity index (χ4v) is 3.71. The van der Waals surface area contributed by atoms with Gasteiger partial charge >= 0.3 is 0 Å². The van der Waals surface area contributed by atoms with E-state index in [1.165, 1.54) is 38.8 Å². The molecule has 0 aromatic heterocycles. The summed E-state index contributed by atoms with van der Waals surface area (Å²) in [5.74, 6) is 0.817. The molecule has 1 aliphatic heterocycles. The maximum Gasteiger partial charge on any atom is 0.142 e. The Hall–Kier alpha value is -0.370. The van der Waals surface area contributed by atoms with E-state index in [1.54, 1.807) is 0 Å². The molecule has 0 N–H and O–H groups in total. The molecule has 0 aromatic carbocycles. The van der Waals surface area contributed by atoms with Gasteiger partial charge in [-0.2, -0.15) is 0 Å². The molecule has 0 spiro atoms. The largest absolute Gasteiger partial charge is 0.303 e. The van der Waals surface area contributed by atoms with E-state index in [2.05, 4.69) is 32.6 Å². The average Bonchev–Trinajstić information content (AvgIpc) is 2.38. The van der Waals surface area contributed by atoms with Gasteiger partial charge in [0.05, 0.1) is 0 Å². The van der Waals surface area contributed by atoms with Crippen LogP contribution in [-0.4, -0.2) is 30.3 Å². The molecule has 1 saturated carbocycles. The highest BCUT2D eigenvalue weighted by Crippen LogP contribution is 2.38. The zero-order valence-electron chi connectivity index (χ0n) is 13.3. The molecule has 0 bridgehead atoms. The minimum atomic E-state index is -0.0728. The Labute approximate surface area is 118 Å². The zero-order valence-corrected chi connectivity index (χ0v) is 13.3. The van der Waals surface area contributed by atoms with Gasteiger partial charge in [-0.05, 0) is 44.2 Å². The van der Waals surface area contributed by atoms with Crippen molar-refractivity contribution in [3.63, 3.8) is 0 Å². The maximum atomic E-state index is 12.5. The normalized spacial score (nSPS) is 31.4. The first-order valence-electron chi connectivity index (χ1n) is 8.13. The Kier molecular flexibility index (Phi) is 4.39.